The molecular formula is C14H22N2O2. The Labute approximate surface area is 108 Å². The third-order valence-electron chi connectivity index (χ3n) is 2.84. The monoisotopic (exact) mass is 250 g/mol. The first-order valence-corrected chi connectivity index (χ1v) is 6.38. The average molecular weight is 250 g/mol. The average Bonchev–Trinajstić information content (AvgIpc) is 2.29. The maximum absolute atomic E-state index is 11.1. The molecule has 100 valence electrons. The highest BCUT2D eigenvalue weighted by atomic mass is 16.4. The van der Waals surface area contributed by atoms with Crippen molar-refractivity contribution >= 4 is 17.3 Å². The fourth-order valence-corrected chi connectivity index (χ4v) is 1.84. The minimum atomic E-state index is -0.952. The van der Waals surface area contributed by atoms with Gasteiger partial charge in [0.2, 0.25) is 0 Å². The Morgan fingerprint density at radius 1 is 1.39 bits per heavy atom. The third kappa shape index (κ3) is 4.28. The molecule has 4 nitrogen and oxygen atoms in total. The van der Waals surface area contributed by atoms with E-state index in [0.717, 1.165) is 19.4 Å². The van der Waals surface area contributed by atoms with Crippen LogP contribution >= 0.6 is 0 Å². The van der Waals surface area contributed by atoms with Crippen LogP contribution in [0.5, 0.6) is 0 Å². The molecule has 18 heavy (non-hydrogen) atoms. The van der Waals surface area contributed by atoms with Crippen molar-refractivity contribution in [3.05, 3.63) is 23.8 Å². The molecule has 0 heterocycles. The second-order valence-electron chi connectivity index (χ2n) is 4.89. The summed E-state index contributed by atoms with van der Waals surface area (Å²) in [6.07, 6.45) is 3.35. The van der Waals surface area contributed by atoms with Crippen molar-refractivity contribution < 1.29 is 9.90 Å². The Morgan fingerprint density at radius 3 is 2.72 bits per heavy atom. The van der Waals surface area contributed by atoms with E-state index in [2.05, 4.69) is 19.2 Å². The standard InChI is InChI=1S/C14H22N2O2/c1-10(2)6-3-4-9-16-13-11(14(17)18)7-5-8-12(13)15/h5,7-8,10,16H,3-4,6,9,15H2,1-2H3,(H,17,18). The van der Waals surface area contributed by atoms with Crippen molar-refractivity contribution in [3.63, 3.8) is 0 Å². The zero-order chi connectivity index (χ0) is 13.5. The number of nitrogens with two attached hydrogens (primary N) is 1. The molecule has 0 radical (unpaired) electrons. The van der Waals surface area contributed by atoms with Crippen LogP contribution in [0.4, 0.5) is 11.4 Å². The van der Waals surface area contributed by atoms with E-state index in [1.54, 1.807) is 18.2 Å². The zero-order valence-electron chi connectivity index (χ0n) is 11.1. The maximum atomic E-state index is 11.1. The van der Waals surface area contributed by atoms with Crippen LogP contribution in [0.1, 0.15) is 43.5 Å². The molecule has 0 spiro atoms. The van der Waals surface area contributed by atoms with Crippen molar-refractivity contribution in [3.8, 4) is 0 Å². The lowest BCUT2D eigenvalue weighted by Crippen LogP contribution is -2.10. The van der Waals surface area contributed by atoms with Crippen molar-refractivity contribution in [2.24, 2.45) is 5.92 Å². The van der Waals surface area contributed by atoms with Crippen LogP contribution in [0, 0.1) is 5.92 Å². The summed E-state index contributed by atoms with van der Waals surface area (Å²) in [5.74, 6) is -0.242. The quantitative estimate of drug-likeness (QED) is 0.513. The van der Waals surface area contributed by atoms with E-state index in [1.807, 2.05) is 0 Å². The van der Waals surface area contributed by atoms with Gasteiger partial charge in [0.05, 0.1) is 16.9 Å². The van der Waals surface area contributed by atoms with Gasteiger partial charge in [-0.1, -0.05) is 32.8 Å². The van der Waals surface area contributed by atoms with Crippen molar-refractivity contribution in [2.75, 3.05) is 17.6 Å². The molecule has 4 N–H and O–H groups in total. The first-order valence-electron chi connectivity index (χ1n) is 6.38. The molecule has 0 saturated carbocycles. The first kappa shape index (κ1) is 14.4. The predicted octanol–water partition coefficient (Wildman–Crippen LogP) is 3.21. The number of aromatic carboxylic acids is 1. The Hall–Kier alpha value is -1.71. The number of unbranched alkanes of at least 4 members (excludes halogenated alkanes) is 1. The summed E-state index contributed by atoms with van der Waals surface area (Å²) in [6.45, 7) is 5.15. The van der Waals surface area contributed by atoms with Crippen LogP contribution in [0.15, 0.2) is 18.2 Å². The molecular weight excluding hydrogens is 228 g/mol. The second-order valence-corrected chi connectivity index (χ2v) is 4.89. The molecule has 0 aliphatic rings. The van der Waals surface area contributed by atoms with Gasteiger partial charge in [-0.2, -0.15) is 0 Å². The van der Waals surface area contributed by atoms with Crippen LogP contribution in [0.25, 0.3) is 0 Å². The normalized spacial score (nSPS) is 10.6. The van der Waals surface area contributed by atoms with E-state index in [0.29, 0.717) is 17.3 Å². The molecule has 1 aromatic rings. The summed E-state index contributed by atoms with van der Waals surface area (Å²) in [6, 6.07) is 4.93. The van der Waals surface area contributed by atoms with E-state index in [9.17, 15) is 4.79 Å². The number of hydrogen-bond acceptors (Lipinski definition) is 3. The lowest BCUT2D eigenvalue weighted by molar-refractivity contribution is 0.0698. The van der Waals surface area contributed by atoms with Gasteiger partial charge in [0.15, 0.2) is 0 Å². The van der Waals surface area contributed by atoms with Gasteiger partial charge in [-0.25, -0.2) is 4.79 Å². The SMILES string of the molecule is CC(C)CCCCNc1c(N)cccc1C(=O)O. The number of benzene rings is 1. The van der Waals surface area contributed by atoms with Gasteiger partial charge >= 0.3 is 5.97 Å². The molecule has 1 rings (SSSR count). The number of hydrogen-bond donors (Lipinski definition) is 3. The largest absolute Gasteiger partial charge is 0.478 e. The number of nitrogen functional groups attached to an aromatic ring is 1. The molecule has 4 heteroatoms. The van der Waals surface area contributed by atoms with E-state index in [4.69, 9.17) is 10.8 Å². The molecule has 0 aliphatic carbocycles. The fraction of sp³-hybridized carbons (Fsp3) is 0.500. The highest BCUT2D eigenvalue weighted by molar-refractivity contribution is 5.97. The van der Waals surface area contributed by atoms with Gasteiger partial charge in [0.1, 0.15) is 0 Å². The number of para-hydroxylation sites is 1. The van der Waals surface area contributed by atoms with E-state index in [1.165, 1.54) is 6.42 Å². The minimum Gasteiger partial charge on any atom is -0.478 e. The summed E-state index contributed by atoms with van der Waals surface area (Å²) < 4.78 is 0. The number of carbonyl (C=O) groups is 1. The van der Waals surface area contributed by atoms with Gasteiger partial charge in [-0.15, -0.1) is 0 Å². The Bertz CT molecular complexity index is 403. The number of rotatable bonds is 7. The fourth-order valence-electron chi connectivity index (χ4n) is 1.84. The molecule has 0 aromatic heterocycles. The van der Waals surface area contributed by atoms with Crippen LogP contribution < -0.4 is 11.1 Å². The topological polar surface area (TPSA) is 75.3 Å². The van der Waals surface area contributed by atoms with E-state index >= 15 is 0 Å². The van der Waals surface area contributed by atoms with Gasteiger partial charge < -0.3 is 16.2 Å². The lowest BCUT2D eigenvalue weighted by atomic mass is 10.1. The zero-order valence-corrected chi connectivity index (χ0v) is 11.1. The maximum Gasteiger partial charge on any atom is 0.337 e. The molecule has 1 aromatic carbocycles. The lowest BCUT2D eigenvalue weighted by Gasteiger charge is -2.12. The van der Waals surface area contributed by atoms with Crippen molar-refractivity contribution in [1.82, 2.24) is 0 Å². The van der Waals surface area contributed by atoms with E-state index < -0.39 is 5.97 Å². The van der Waals surface area contributed by atoms with Crippen LogP contribution in [-0.4, -0.2) is 17.6 Å². The smallest absolute Gasteiger partial charge is 0.337 e. The van der Waals surface area contributed by atoms with Gasteiger partial charge in [0.25, 0.3) is 0 Å². The molecule has 0 atom stereocenters. The number of anilines is 2. The van der Waals surface area contributed by atoms with Gasteiger partial charge in [0, 0.05) is 6.54 Å². The van der Waals surface area contributed by atoms with Crippen LogP contribution in [-0.2, 0) is 0 Å². The van der Waals surface area contributed by atoms with Crippen molar-refractivity contribution in [1.29, 1.82) is 0 Å². The summed E-state index contributed by atoms with van der Waals surface area (Å²) in [4.78, 5) is 11.1. The Morgan fingerprint density at radius 2 is 2.11 bits per heavy atom. The molecule has 0 fully saturated rings. The summed E-state index contributed by atoms with van der Waals surface area (Å²) in [5.41, 5.74) is 7.05. The van der Waals surface area contributed by atoms with Crippen molar-refractivity contribution in [2.45, 2.75) is 33.1 Å². The number of nitrogens with one attached hydrogen (secondary N) is 1. The molecule has 0 aliphatic heterocycles. The highest BCUT2D eigenvalue weighted by Crippen LogP contribution is 2.23. The van der Waals surface area contributed by atoms with Gasteiger partial charge in [-0.3, -0.25) is 0 Å². The van der Waals surface area contributed by atoms with Gasteiger partial charge in [-0.05, 0) is 24.5 Å². The van der Waals surface area contributed by atoms with Crippen LogP contribution in [0.2, 0.25) is 0 Å². The summed E-state index contributed by atoms with van der Waals surface area (Å²) in [5, 5.41) is 12.2. The number of carboxylic acid groups (broad SMARTS) is 1. The Balaban J connectivity index is 2.53. The van der Waals surface area contributed by atoms with E-state index in [-0.39, 0.29) is 5.56 Å². The first-order chi connectivity index (χ1) is 8.52. The molecule has 0 amide bonds. The van der Waals surface area contributed by atoms with Crippen LogP contribution in [0.3, 0.4) is 0 Å². The second kappa shape index (κ2) is 6.89. The molecule has 0 bridgehead atoms. The molecule has 0 saturated heterocycles. The Kier molecular flexibility index (Phi) is 5.49. The minimum absolute atomic E-state index is 0.235. The predicted molar refractivity (Wildman–Crippen MR) is 75.0 cm³/mol. The molecule has 0 unspecified atom stereocenters. The summed E-state index contributed by atoms with van der Waals surface area (Å²) >= 11 is 0. The third-order valence-corrected chi connectivity index (χ3v) is 2.84. The number of carboxylic acids is 1. The summed E-state index contributed by atoms with van der Waals surface area (Å²) in [7, 11) is 0. The highest BCUT2D eigenvalue weighted by Gasteiger charge is 2.11.